The summed E-state index contributed by atoms with van der Waals surface area (Å²) in [4.78, 5) is 31.6. The lowest BCUT2D eigenvalue weighted by Crippen LogP contribution is -2.54. The predicted octanol–water partition coefficient (Wildman–Crippen LogP) is 2.02. The Morgan fingerprint density at radius 3 is 2.88 bits per heavy atom. The van der Waals surface area contributed by atoms with Crippen molar-refractivity contribution in [2.24, 2.45) is 5.92 Å². The van der Waals surface area contributed by atoms with Gasteiger partial charge < -0.3 is 15.1 Å². The van der Waals surface area contributed by atoms with Crippen molar-refractivity contribution >= 4 is 39.2 Å². The van der Waals surface area contributed by atoms with Crippen molar-refractivity contribution in [3.63, 3.8) is 0 Å². The van der Waals surface area contributed by atoms with E-state index in [0.29, 0.717) is 19.3 Å². The van der Waals surface area contributed by atoms with Crippen LogP contribution >= 0.6 is 11.5 Å². The smallest absolute Gasteiger partial charge is 0.321 e. The number of amides is 3. The van der Waals surface area contributed by atoms with E-state index in [1.165, 1.54) is 11.5 Å². The van der Waals surface area contributed by atoms with Gasteiger partial charge in [0.2, 0.25) is 5.91 Å². The summed E-state index contributed by atoms with van der Waals surface area (Å²) >= 11 is 1.45. The van der Waals surface area contributed by atoms with E-state index in [1.807, 2.05) is 34.2 Å². The van der Waals surface area contributed by atoms with Gasteiger partial charge in [-0.15, -0.1) is 0 Å². The molecule has 4 heterocycles. The van der Waals surface area contributed by atoms with Gasteiger partial charge in [-0.3, -0.25) is 9.69 Å². The van der Waals surface area contributed by atoms with E-state index in [4.69, 9.17) is 0 Å². The largest absolute Gasteiger partial charge is 0.326 e. The van der Waals surface area contributed by atoms with Crippen LogP contribution in [0.4, 0.5) is 10.5 Å². The maximum Gasteiger partial charge on any atom is 0.321 e. The molecule has 2 aromatic rings. The topological polar surface area (TPSA) is 68.8 Å². The Morgan fingerprint density at radius 2 is 2.08 bits per heavy atom. The molecule has 1 aromatic carbocycles. The summed E-state index contributed by atoms with van der Waals surface area (Å²) in [6.07, 6.45) is 3.90. The second kappa shape index (κ2) is 6.21. The highest BCUT2D eigenvalue weighted by atomic mass is 32.1. The molecule has 0 radical (unpaired) electrons. The summed E-state index contributed by atoms with van der Waals surface area (Å²) in [6.45, 7) is 4.06. The number of anilines is 1. The number of fused-ring (bicyclic) bond motifs is 2. The highest BCUT2D eigenvalue weighted by molar-refractivity contribution is 7.13. The lowest BCUT2D eigenvalue weighted by Gasteiger charge is -2.39. The van der Waals surface area contributed by atoms with Crippen LogP contribution in [0.2, 0.25) is 0 Å². The Hall–Kier alpha value is -2.19. The number of nitrogens with one attached hydrogen (secondary N) is 1. The van der Waals surface area contributed by atoms with Gasteiger partial charge >= 0.3 is 6.03 Å². The molecule has 1 aromatic heterocycles. The Bertz CT molecular complexity index is 868. The standard InChI is InChI=1S/C18H21N5O2S/c24-17(20-14-1-2-15-13(9-14)10-19-26-15)12-3-5-22(11-12)18(25)23-8-7-21-6-4-16(21)23/h1-2,9-10,12,16H,3-8,11H2,(H,20,24). The van der Waals surface area contributed by atoms with Crippen molar-refractivity contribution in [3.8, 4) is 0 Å². The first-order chi connectivity index (χ1) is 12.7. The average Bonchev–Trinajstić information content (AvgIpc) is 3.32. The third kappa shape index (κ3) is 2.64. The molecule has 3 saturated heterocycles. The predicted molar refractivity (Wildman–Crippen MR) is 100 cm³/mol. The summed E-state index contributed by atoms with van der Waals surface area (Å²) in [6, 6.07) is 5.93. The third-order valence-electron chi connectivity index (χ3n) is 5.78. The lowest BCUT2D eigenvalue weighted by molar-refractivity contribution is -0.119. The van der Waals surface area contributed by atoms with Gasteiger partial charge in [-0.1, -0.05) is 0 Å². The number of benzene rings is 1. The van der Waals surface area contributed by atoms with Gasteiger partial charge in [0.05, 0.1) is 16.8 Å². The van der Waals surface area contributed by atoms with Crippen LogP contribution in [-0.2, 0) is 4.79 Å². The van der Waals surface area contributed by atoms with Gasteiger partial charge in [0.1, 0.15) is 0 Å². The van der Waals surface area contributed by atoms with Gasteiger partial charge in [0.15, 0.2) is 0 Å². The van der Waals surface area contributed by atoms with E-state index in [9.17, 15) is 9.59 Å². The molecule has 3 fully saturated rings. The number of nitrogens with zero attached hydrogens (tertiary/aromatic N) is 4. The molecule has 3 aliphatic rings. The van der Waals surface area contributed by atoms with Crippen molar-refractivity contribution in [3.05, 3.63) is 24.4 Å². The van der Waals surface area contributed by atoms with Crippen LogP contribution in [0.1, 0.15) is 12.8 Å². The number of hydrogen-bond donors (Lipinski definition) is 1. The highest BCUT2D eigenvalue weighted by Crippen LogP contribution is 2.29. The first kappa shape index (κ1) is 16.0. The SMILES string of the molecule is O=C(Nc1ccc2sncc2c1)C1CCN(C(=O)N2CCN3CCC32)C1. The summed E-state index contributed by atoms with van der Waals surface area (Å²) in [5, 5.41) is 4.04. The molecule has 2 atom stereocenters. The van der Waals surface area contributed by atoms with Gasteiger partial charge in [-0.2, -0.15) is 4.37 Å². The van der Waals surface area contributed by atoms with Crippen molar-refractivity contribution in [1.82, 2.24) is 19.1 Å². The number of carbonyl (C=O) groups is 2. The monoisotopic (exact) mass is 371 g/mol. The number of urea groups is 1. The molecular formula is C18H21N5O2S. The van der Waals surface area contributed by atoms with Crippen LogP contribution in [-0.4, -0.2) is 69.9 Å². The lowest BCUT2D eigenvalue weighted by atomic mass is 10.1. The van der Waals surface area contributed by atoms with E-state index >= 15 is 0 Å². The van der Waals surface area contributed by atoms with Crippen LogP contribution in [0.5, 0.6) is 0 Å². The first-order valence-electron chi connectivity index (χ1n) is 9.14. The average molecular weight is 371 g/mol. The Balaban J connectivity index is 1.21. The molecular weight excluding hydrogens is 350 g/mol. The minimum absolute atomic E-state index is 0.00506. The molecule has 26 heavy (non-hydrogen) atoms. The van der Waals surface area contributed by atoms with Crippen LogP contribution < -0.4 is 5.32 Å². The van der Waals surface area contributed by atoms with Crippen LogP contribution in [0, 0.1) is 5.92 Å². The van der Waals surface area contributed by atoms with Crippen molar-refractivity contribution in [2.45, 2.75) is 19.0 Å². The molecule has 2 unspecified atom stereocenters. The van der Waals surface area contributed by atoms with Crippen LogP contribution in [0.15, 0.2) is 24.4 Å². The fourth-order valence-electron chi connectivity index (χ4n) is 4.17. The Labute approximate surface area is 155 Å². The van der Waals surface area contributed by atoms with E-state index in [2.05, 4.69) is 14.6 Å². The molecule has 7 nitrogen and oxygen atoms in total. The molecule has 3 amide bonds. The molecule has 1 N–H and O–H groups in total. The van der Waals surface area contributed by atoms with Crippen molar-refractivity contribution in [2.75, 3.05) is 38.0 Å². The molecule has 136 valence electrons. The summed E-state index contributed by atoms with van der Waals surface area (Å²) in [7, 11) is 0. The number of hydrogen-bond acceptors (Lipinski definition) is 5. The number of aromatic nitrogens is 1. The Kier molecular flexibility index (Phi) is 3.82. The van der Waals surface area contributed by atoms with Gasteiger partial charge in [-0.05, 0) is 42.6 Å². The number of likely N-dealkylation sites (tertiary alicyclic amines) is 1. The van der Waals surface area contributed by atoms with Crippen LogP contribution in [0.25, 0.3) is 10.1 Å². The summed E-state index contributed by atoms with van der Waals surface area (Å²) in [5.41, 5.74) is 0.789. The summed E-state index contributed by atoms with van der Waals surface area (Å²) < 4.78 is 5.27. The Morgan fingerprint density at radius 1 is 1.15 bits per heavy atom. The molecule has 0 spiro atoms. The molecule has 3 aliphatic heterocycles. The minimum atomic E-state index is -0.143. The van der Waals surface area contributed by atoms with Crippen molar-refractivity contribution in [1.29, 1.82) is 0 Å². The van der Waals surface area contributed by atoms with Gasteiger partial charge in [-0.25, -0.2) is 4.79 Å². The van der Waals surface area contributed by atoms with Crippen LogP contribution in [0.3, 0.4) is 0 Å². The quantitative estimate of drug-likeness (QED) is 0.877. The number of rotatable bonds is 2. The maximum atomic E-state index is 12.8. The minimum Gasteiger partial charge on any atom is -0.326 e. The molecule has 0 bridgehead atoms. The fourth-order valence-corrected chi connectivity index (χ4v) is 4.80. The molecule has 0 aliphatic carbocycles. The highest BCUT2D eigenvalue weighted by Gasteiger charge is 2.43. The zero-order chi connectivity index (χ0) is 17.7. The third-order valence-corrected chi connectivity index (χ3v) is 6.56. The fraction of sp³-hybridized carbons (Fsp3) is 0.500. The maximum absolute atomic E-state index is 12.8. The molecule has 0 saturated carbocycles. The number of carbonyl (C=O) groups excluding carboxylic acids is 2. The second-order valence-corrected chi connectivity index (χ2v) is 8.11. The van der Waals surface area contributed by atoms with E-state index < -0.39 is 0 Å². The molecule has 8 heteroatoms. The van der Waals surface area contributed by atoms with Crippen molar-refractivity contribution < 1.29 is 9.59 Å². The van der Waals surface area contributed by atoms with E-state index in [-0.39, 0.29) is 17.9 Å². The summed E-state index contributed by atoms with van der Waals surface area (Å²) in [5.74, 6) is -0.148. The zero-order valence-corrected chi connectivity index (χ0v) is 15.2. The normalized spacial score (nSPS) is 25.4. The molecule has 5 rings (SSSR count). The van der Waals surface area contributed by atoms with Gasteiger partial charge in [0, 0.05) is 50.0 Å². The van der Waals surface area contributed by atoms with Gasteiger partial charge in [0.25, 0.3) is 0 Å². The first-order valence-corrected chi connectivity index (χ1v) is 9.91. The van der Waals surface area contributed by atoms with E-state index in [1.54, 1.807) is 0 Å². The second-order valence-electron chi connectivity index (χ2n) is 7.28. The zero-order valence-electron chi connectivity index (χ0n) is 14.4. The van der Waals surface area contributed by atoms with E-state index in [0.717, 1.165) is 48.2 Å².